The second-order valence-corrected chi connectivity index (χ2v) is 3.13. The van der Waals surface area contributed by atoms with Gasteiger partial charge in [0, 0.05) is 32.7 Å². The summed E-state index contributed by atoms with van der Waals surface area (Å²) >= 11 is 0. The van der Waals surface area contributed by atoms with Crippen molar-refractivity contribution in [2.75, 3.05) is 32.2 Å². The van der Waals surface area contributed by atoms with Crippen molar-refractivity contribution in [3.8, 4) is 5.75 Å². The number of nitrogens with one attached hydrogen (secondary N) is 1. The van der Waals surface area contributed by atoms with Gasteiger partial charge in [-0.3, -0.25) is 4.98 Å². The number of aromatic nitrogens is 1. The molecule has 84 valence electrons. The molecule has 0 aliphatic heterocycles. The molecular formula is C11H18N2O2. The highest BCUT2D eigenvalue weighted by atomic mass is 16.5. The quantitative estimate of drug-likeness (QED) is 0.698. The Bertz CT molecular complexity index is 279. The number of rotatable bonds is 7. The number of pyridine rings is 1. The maximum atomic E-state index is 5.51. The third kappa shape index (κ3) is 4.65. The molecule has 0 aliphatic rings. The number of hydrogen-bond acceptors (Lipinski definition) is 4. The number of anilines is 1. The molecule has 0 saturated carbocycles. The van der Waals surface area contributed by atoms with Crippen LogP contribution in [0.5, 0.6) is 5.75 Å². The van der Waals surface area contributed by atoms with Crippen molar-refractivity contribution in [2.45, 2.75) is 13.3 Å². The molecule has 1 aromatic rings. The van der Waals surface area contributed by atoms with Gasteiger partial charge in [0.1, 0.15) is 5.75 Å². The van der Waals surface area contributed by atoms with E-state index < -0.39 is 0 Å². The Balaban J connectivity index is 2.36. The molecule has 1 rings (SSSR count). The van der Waals surface area contributed by atoms with Crippen molar-refractivity contribution in [1.29, 1.82) is 0 Å². The minimum Gasteiger partial charge on any atom is -0.492 e. The predicted octanol–water partition coefficient (Wildman–Crippen LogP) is 1.93. The Morgan fingerprint density at radius 3 is 2.93 bits per heavy atom. The molecule has 0 amide bonds. The van der Waals surface area contributed by atoms with Gasteiger partial charge in [0.2, 0.25) is 0 Å². The molecule has 0 spiro atoms. The summed E-state index contributed by atoms with van der Waals surface area (Å²) in [5, 5.41) is 3.18. The van der Waals surface area contributed by atoms with Crippen molar-refractivity contribution in [3.05, 3.63) is 18.5 Å². The van der Waals surface area contributed by atoms with Gasteiger partial charge in [0.25, 0.3) is 0 Å². The Morgan fingerprint density at radius 2 is 2.20 bits per heavy atom. The molecule has 0 radical (unpaired) electrons. The molecule has 15 heavy (non-hydrogen) atoms. The van der Waals surface area contributed by atoms with E-state index >= 15 is 0 Å². The standard InChI is InChI=1S/C11H18N2O2/c1-3-13-10-7-11(9-12-8-10)15-6-4-5-14-2/h7-9,13H,3-6H2,1-2H3. The average molecular weight is 210 g/mol. The lowest BCUT2D eigenvalue weighted by molar-refractivity contribution is 0.172. The number of nitrogens with zero attached hydrogens (tertiary/aromatic N) is 1. The fourth-order valence-corrected chi connectivity index (χ4v) is 1.19. The van der Waals surface area contributed by atoms with E-state index in [-0.39, 0.29) is 0 Å². The van der Waals surface area contributed by atoms with Crippen LogP contribution in [0.3, 0.4) is 0 Å². The largest absolute Gasteiger partial charge is 0.492 e. The molecule has 1 aromatic heterocycles. The maximum absolute atomic E-state index is 5.51. The highest BCUT2D eigenvalue weighted by Crippen LogP contribution is 2.14. The van der Waals surface area contributed by atoms with Gasteiger partial charge in [-0.25, -0.2) is 0 Å². The van der Waals surface area contributed by atoms with Gasteiger partial charge in [0.15, 0.2) is 0 Å². The second-order valence-electron chi connectivity index (χ2n) is 3.13. The smallest absolute Gasteiger partial charge is 0.139 e. The molecule has 0 aliphatic carbocycles. The summed E-state index contributed by atoms with van der Waals surface area (Å²) in [6, 6.07) is 1.95. The third-order valence-corrected chi connectivity index (χ3v) is 1.86. The van der Waals surface area contributed by atoms with Gasteiger partial charge >= 0.3 is 0 Å². The lowest BCUT2D eigenvalue weighted by Gasteiger charge is -2.07. The summed E-state index contributed by atoms with van der Waals surface area (Å²) in [7, 11) is 1.69. The lowest BCUT2D eigenvalue weighted by atomic mass is 10.4. The second kappa shape index (κ2) is 7.06. The topological polar surface area (TPSA) is 43.4 Å². The summed E-state index contributed by atoms with van der Waals surface area (Å²) in [4.78, 5) is 4.08. The maximum Gasteiger partial charge on any atom is 0.139 e. The monoisotopic (exact) mass is 210 g/mol. The molecule has 1 N–H and O–H groups in total. The van der Waals surface area contributed by atoms with Gasteiger partial charge < -0.3 is 14.8 Å². The minimum absolute atomic E-state index is 0.658. The zero-order chi connectivity index (χ0) is 10.9. The van der Waals surface area contributed by atoms with E-state index in [2.05, 4.69) is 10.3 Å². The van der Waals surface area contributed by atoms with Crippen LogP contribution in [0.4, 0.5) is 5.69 Å². The predicted molar refractivity (Wildman–Crippen MR) is 60.4 cm³/mol. The number of methoxy groups -OCH3 is 1. The fraction of sp³-hybridized carbons (Fsp3) is 0.545. The van der Waals surface area contributed by atoms with Crippen LogP contribution in [0, 0.1) is 0 Å². The zero-order valence-corrected chi connectivity index (χ0v) is 9.32. The van der Waals surface area contributed by atoms with Crippen LogP contribution in [0.25, 0.3) is 0 Å². The molecule has 0 atom stereocenters. The molecule has 0 bridgehead atoms. The van der Waals surface area contributed by atoms with E-state index in [9.17, 15) is 0 Å². The van der Waals surface area contributed by atoms with Crippen molar-refractivity contribution in [1.82, 2.24) is 4.98 Å². The Hall–Kier alpha value is -1.29. The fourth-order valence-electron chi connectivity index (χ4n) is 1.19. The third-order valence-electron chi connectivity index (χ3n) is 1.86. The van der Waals surface area contributed by atoms with Crippen LogP contribution in [0.15, 0.2) is 18.5 Å². The molecule has 0 saturated heterocycles. The van der Waals surface area contributed by atoms with Crippen LogP contribution in [0.1, 0.15) is 13.3 Å². The molecule has 4 nitrogen and oxygen atoms in total. The molecule has 0 unspecified atom stereocenters. The summed E-state index contributed by atoms with van der Waals surface area (Å²) in [5.74, 6) is 0.796. The first-order valence-corrected chi connectivity index (χ1v) is 5.17. The Labute approximate surface area is 90.6 Å². The highest BCUT2D eigenvalue weighted by Gasteiger charge is 1.96. The van der Waals surface area contributed by atoms with Crippen molar-refractivity contribution < 1.29 is 9.47 Å². The molecule has 1 heterocycles. The zero-order valence-electron chi connectivity index (χ0n) is 9.32. The van der Waals surface area contributed by atoms with E-state index in [0.29, 0.717) is 6.61 Å². The average Bonchev–Trinajstić information content (AvgIpc) is 2.26. The molecular weight excluding hydrogens is 192 g/mol. The lowest BCUT2D eigenvalue weighted by Crippen LogP contribution is -2.02. The SMILES string of the molecule is CCNc1cncc(OCCCOC)c1. The van der Waals surface area contributed by atoms with Crippen LogP contribution in [0.2, 0.25) is 0 Å². The van der Waals surface area contributed by atoms with E-state index in [0.717, 1.165) is 31.0 Å². The minimum atomic E-state index is 0.658. The van der Waals surface area contributed by atoms with Crippen LogP contribution < -0.4 is 10.1 Å². The molecule has 0 fully saturated rings. The Morgan fingerprint density at radius 1 is 1.33 bits per heavy atom. The van der Waals surface area contributed by atoms with E-state index in [1.807, 2.05) is 13.0 Å². The van der Waals surface area contributed by atoms with Crippen molar-refractivity contribution in [2.24, 2.45) is 0 Å². The van der Waals surface area contributed by atoms with Crippen LogP contribution in [-0.4, -0.2) is 31.9 Å². The van der Waals surface area contributed by atoms with Crippen molar-refractivity contribution in [3.63, 3.8) is 0 Å². The first kappa shape index (κ1) is 11.8. The van der Waals surface area contributed by atoms with Gasteiger partial charge in [-0.05, 0) is 6.92 Å². The van der Waals surface area contributed by atoms with Crippen LogP contribution >= 0.6 is 0 Å². The van der Waals surface area contributed by atoms with Gasteiger partial charge in [0.05, 0.1) is 24.7 Å². The van der Waals surface area contributed by atoms with E-state index in [4.69, 9.17) is 9.47 Å². The highest BCUT2D eigenvalue weighted by molar-refractivity contribution is 5.44. The first-order chi connectivity index (χ1) is 7.36. The normalized spacial score (nSPS) is 10.0. The number of ether oxygens (including phenoxy) is 2. The van der Waals surface area contributed by atoms with Gasteiger partial charge in [-0.15, -0.1) is 0 Å². The van der Waals surface area contributed by atoms with Gasteiger partial charge in [-0.2, -0.15) is 0 Å². The van der Waals surface area contributed by atoms with Gasteiger partial charge in [-0.1, -0.05) is 0 Å². The summed E-state index contributed by atoms with van der Waals surface area (Å²) < 4.78 is 10.4. The molecule has 4 heteroatoms. The van der Waals surface area contributed by atoms with E-state index in [1.165, 1.54) is 0 Å². The molecule has 0 aromatic carbocycles. The van der Waals surface area contributed by atoms with Crippen molar-refractivity contribution >= 4 is 5.69 Å². The first-order valence-electron chi connectivity index (χ1n) is 5.17. The summed E-state index contributed by atoms with van der Waals surface area (Å²) in [5.41, 5.74) is 0.988. The Kier molecular flexibility index (Phi) is 5.55. The number of hydrogen-bond donors (Lipinski definition) is 1. The van der Waals surface area contributed by atoms with E-state index in [1.54, 1.807) is 19.5 Å². The van der Waals surface area contributed by atoms with Crippen LogP contribution in [-0.2, 0) is 4.74 Å². The summed E-state index contributed by atoms with van der Waals surface area (Å²) in [6.07, 6.45) is 4.39. The summed E-state index contributed by atoms with van der Waals surface area (Å²) in [6.45, 7) is 4.31.